The monoisotopic (exact) mass is 342 g/mol. The standard InChI is InChI=1S/C10H12Cl2N2O3S2/c11-5-3-6(18-10(5)12)19(15,16)14-8-7(13)4-1-2-17-9(4)8/h3-4,7-9,14H,1-2,13H2/t4-,7+,8-,9-/m1/s1. The van der Waals surface area contributed by atoms with E-state index < -0.39 is 10.0 Å². The molecule has 4 atom stereocenters. The highest BCUT2D eigenvalue weighted by Crippen LogP contribution is 2.39. The number of halogens is 2. The van der Waals surface area contributed by atoms with Gasteiger partial charge in [0.15, 0.2) is 0 Å². The van der Waals surface area contributed by atoms with Crippen molar-refractivity contribution in [3.63, 3.8) is 0 Å². The molecule has 0 aromatic carbocycles. The number of nitrogens with two attached hydrogens (primary N) is 1. The highest BCUT2D eigenvalue weighted by atomic mass is 35.5. The second kappa shape index (κ2) is 4.84. The third-order valence-electron chi connectivity index (χ3n) is 3.63. The lowest BCUT2D eigenvalue weighted by Crippen LogP contribution is -2.68. The van der Waals surface area contributed by atoms with E-state index in [2.05, 4.69) is 4.72 Å². The summed E-state index contributed by atoms with van der Waals surface area (Å²) in [7, 11) is -3.65. The maximum absolute atomic E-state index is 12.2. The van der Waals surface area contributed by atoms with Gasteiger partial charge in [0.05, 0.1) is 17.2 Å². The van der Waals surface area contributed by atoms with Gasteiger partial charge in [0.2, 0.25) is 0 Å². The summed E-state index contributed by atoms with van der Waals surface area (Å²) in [4.78, 5) is 0. The Labute approximate surface area is 125 Å². The fourth-order valence-corrected chi connectivity index (χ4v) is 5.77. The largest absolute Gasteiger partial charge is 0.376 e. The molecule has 1 aliphatic heterocycles. The molecule has 1 aromatic rings. The first-order valence-corrected chi connectivity index (χ1v) is 8.80. The molecule has 0 bridgehead atoms. The van der Waals surface area contributed by atoms with E-state index in [4.69, 9.17) is 33.7 Å². The predicted molar refractivity (Wildman–Crippen MR) is 74.3 cm³/mol. The quantitative estimate of drug-likeness (QED) is 0.870. The van der Waals surface area contributed by atoms with Crippen LogP contribution in [0.4, 0.5) is 0 Å². The number of thiophene rings is 1. The third-order valence-corrected chi connectivity index (χ3v) is 7.42. The molecule has 1 saturated heterocycles. The summed E-state index contributed by atoms with van der Waals surface area (Å²) in [5.41, 5.74) is 5.97. The van der Waals surface area contributed by atoms with E-state index in [9.17, 15) is 8.42 Å². The SMILES string of the molecule is N[C@H]1[C@H]2CCO[C@H]2[C@@H]1NS(=O)(=O)c1cc(Cl)c(Cl)s1. The molecule has 9 heteroatoms. The van der Waals surface area contributed by atoms with E-state index >= 15 is 0 Å². The molecule has 2 aliphatic rings. The van der Waals surface area contributed by atoms with Crippen molar-refractivity contribution in [2.45, 2.75) is 28.8 Å². The smallest absolute Gasteiger partial charge is 0.250 e. The first-order chi connectivity index (χ1) is 8.90. The Morgan fingerprint density at radius 1 is 1.47 bits per heavy atom. The van der Waals surface area contributed by atoms with Crippen molar-refractivity contribution in [3.8, 4) is 0 Å². The minimum Gasteiger partial charge on any atom is -0.376 e. The summed E-state index contributed by atoms with van der Waals surface area (Å²) in [6.45, 7) is 0.637. The normalized spacial score (nSPS) is 34.1. The zero-order chi connectivity index (χ0) is 13.8. The van der Waals surface area contributed by atoms with Gasteiger partial charge in [-0.2, -0.15) is 0 Å². The van der Waals surface area contributed by atoms with Gasteiger partial charge in [0.25, 0.3) is 10.0 Å². The van der Waals surface area contributed by atoms with Crippen LogP contribution in [0.2, 0.25) is 9.36 Å². The van der Waals surface area contributed by atoms with Crippen LogP contribution in [0.3, 0.4) is 0 Å². The van der Waals surface area contributed by atoms with Crippen LogP contribution in [0.25, 0.3) is 0 Å². The Hall–Kier alpha value is 0.110. The molecule has 19 heavy (non-hydrogen) atoms. The molecule has 106 valence electrons. The van der Waals surface area contributed by atoms with Crippen LogP contribution in [0.1, 0.15) is 6.42 Å². The molecule has 0 unspecified atom stereocenters. The molecule has 2 heterocycles. The zero-order valence-corrected chi connectivity index (χ0v) is 12.8. The van der Waals surface area contributed by atoms with Gasteiger partial charge in [-0.1, -0.05) is 23.2 Å². The highest BCUT2D eigenvalue weighted by molar-refractivity contribution is 7.91. The molecule has 2 fully saturated rings. The summed E-state index contributed by atoms with van der Waals surface area (Å²) in [6, 6.07) is 0.763. The number of fused-ring (bicyclic) bond motifs is 1. The Kier molecular flexibility index (Phi) is 3.58. The lowest BCUT2D eigenvalue weighted by molar-refractivity contribution is -0.00922. The molecular formula is C10H12Cl2N2O3S2. The molecule has 3 rings (SSSR count). The van der Waals surface area contributed by atoms with E-state index in [1.165, 1.54) is 6.07 Å². The van der Waals surface area contributed by atoms with E-state index in [0.717, 1.165) is 17.8 Å². The van der Waals surface area contributed by atoms with Crippen molar-refractivity contribution >= 4 is 44.6 Å². The molecule has 3 N–H and O–H groups in total. The average molecular weight is 343 g/mol. The van der Waals surface area contributed by atoms with Gasteiger partial charge in [-0.05, 0) is 12.5 Å². The molecule has 1 saturated carbocycles. The number of ether oxygens (including phenoxy) is 1. The Morgan fingerprint density at radius 3 is 2.84 bits per heavy atom. The van der Waals surface area contributed by atoms with Crippen molar-refractivity contribution in [3.05, 3.63) is 15.4 Å². The minimum atomic E-state index is -3.65. The number of nitrogens with one attached hydrogen (secondary N) is 1. The van der Waals surface area contributed by atoms with Crippen LogP contribution in [-0.4, -0.2) is 33.2 Å². The van der Waals surface area contributed by atoms with Crippen LogP contribution >= 0.6 is 34.5 Å². The Morgan fingerprint density at radius 2 is 2.21 bits per heavy atom. The van der Waals surface area contributed by atoms with Gasteiger partial charge in [-0.15, -0.1) is 11.3 Å². The molecule has 5 nitrogen and oxygen atoms in total. The maximum Gasteiger partial charge on any atom is 0.250 e. The van der Waals surface area contributed by atoms with E-state index in [1.54, 1.807) is 0 Å². The number of rotatable bonds is 3. The van der Waals surface area contributed by atoms with Crippen LogP contribution in [0.15, 0.2) is 10.3 Å². The Bertz CT molecular complexity index is 584. The summed E-state index contributed by atoms with van der Waals surface area (Å²) in [6.07, 6.45) is 0.774. The molecule has 0 amide bonds. The fourth-order valence-electron chi connectivity index (χ4n) is 2.59. The van der Waals surface area contributed by atoms with Crippen molar-refractivity contribution in [1.82, 2.24) is 4.72 Å². The summed E-state index contributed by atoms with van der Waals surface area (Å²) in [5.74, 6) is 0.253. The van der Waals surface area contributed by atoms with Gasteiger partial charge in [0.1, 0.15) is 8.55 Å². The second-order valence-corrected chi connectivity index (χ2v) is 8.70. The van der Waals surface area contributed by atoms with Gasteiger partial charge in [0, 0.05) is 18.6 Å². The molecular weight excluding hydrogens is 331 g/mol. The first kappa shape index (κ1) is 14.1. The van der Waals surface area contributed by atoms with Crippen LogP contribution < -0.4 is 10.5 Å². The Balaban J connectivity index is 1.79. The zero-order valence-electron chi connectivity index (χ0n) is 9.68. The van der Waals surface area contributed by atoms with Crippen molar-refractivity contribution in [2.24, 2.45) is 11.7 Å². The lowest BCUT2D eigenvalue weighted by atomic mass is 9.73. The second-order valence-electron chi connectivity index (χ2n) is 4.70. The third kappa shape index (κ3) is 2.31. The van der Waals surface area contributed by atoms with Crippen LogP contribution in [-0.2, 0) is 14.8 Å². The average Bonchev–Trinajstić information content (AvgIpc) is 2.92. The van der Waals surface area contributed by atoms with Gasteiger partial charge in [-0.25, -0.2) is 13.1 Å². The fraction of sp³-hybridized carbons (Fsp3) is 0.600. The van der Waals surface area contributed by atoms with E-state index in [-0.39, 0.29) is 37.7 Å². The first-order valence-electron chi connectivity index (χ1n) is 5.74. The van der Waals surface area contributed by atoms with Crippen molar-refractivity contribution in [2.75, 3.05) is 6.61 Å². The number of hydrogen-bond donors (Lipinski definition) is 2. The van der Waals surface area contributed by atoms with Crippen molar-refractivity contribution < 1.29 is 13.2 Å². The predicted octanol–water partition coefficient (Wildman–Crippen LogP) is 1.45. The molecule has 1 aliphatic carbocycles. The number of hydrogen-bond acceptors (Lipinski definition) is 5. The van der Waals surface area contributed by atoms with Crippen molar-refractivity contribution in [1.29, 1.82) is 0 Å². The number of sulfonamides is 1. The minimum absolute atomic E-state index is 0.0937. The topological polar surface area (TPSA) is 81.4 Å². The van der Waals surface area contributed by atoms with Gasteiger partial charge < -0.3 is 10.5 Å². The van der Waals surface area contributed by atoms with Gasteiger partial charge >= 0.3 is 0 Å². The van der Waals surface area contributed by atoms with Crippen LogP contribution in [0.5, 0.6) is 0 Å². The summed E-state index contributed by atoms with van der Waals surface area (Å²) < 4.78 is 32.8. The summed E-state index contributed by atoms with van der Waals surface area (Å²) >= 11 is 12.5. The van der Waals surface area contributed by atoms with E-state index in [1.807, 2.05) is 0 Å². The van der Waals surface area contributed by atoms with Crippen LogP contribution in [0, 0.1) is 5.92 Å². The highest BCUT2D eigenvalue weighted by Gasteiger charge is 2.53. The van der Waals surface area contributed by atoms with Gasteiger partial charge in [-0.3, -0.25) is 0 Å². The van der Waals surface area contributed by atoms with E-state index in [0.29, 0.717) is 6.61 Å². The lowest BCUT2D eigenvalue weighted by Gasteiger charge is -2.45. The summed E-state index contributed by atoms with van der Waals surface area (Å²) in [5, 5.41) is 0.236. The molecule has 0 spiro atoms. The maximum atomic E-state index is 12.2. The molecule has 1 aromatic heterocycles. The molecule has 0 radical (unpaired) electrons.